The Labute approximate surface area is 140 Å². The SMILES string of the molecule is Cc1c(C(=O)N2CCC[C@H](C(C)(C)C(=O)O)C2)cccc1[N+](=O)[O-]. The quantitative estimate of drug-likeness (QED) is 0.674. The molecule has 1 aromatic carbocycles. The van der Waals surface area contributed by atoms with E-state index in [1.54, 1.807) is 31.7 Å². The van der Waals surface area contributed by atoms with Crippen molar-refractivity contribution in [3.63, 3.8) is 0 Å². The molecule has 7 nitrogen and oxygen atoms in total. The number of rotatable bonds is 4. The molecular formula is C17H22N2O5. The van der Waals surface area contributed by atoms with Crippen molar-refractivity contribution in [1.29, 1.82) is 0 Å². The zero-order valence-corrected chi connectivity index (χ0v) is 14.1. The van der Waals surface area contributed by atoms with E-state index in [1.807, 2.05) is 0 Å². The summed E-state index contributed by atoms with van der Waals surface area (Å²) in [5.74, 6) is -1.30. The number of piperidine rings is 1. The number of nitrogens with zero attached hydrogens (tertiary/aromatic N) is 2. The number of nitro benzene ring substituents is 1. The van der Waals surface area contributed by atoms with Crippen LogP contribution in [0.15, 0.2) is 18.2 Å². The Kier molecular flexibility index (Phi) is 4.91. The lowest BCUT2D eigenvalue weighted by molar-refractivity contribution is -0.385. The molecule has 24 heavy (non-hydrogen) atoms. The Morgan fingerprint density at radius 1 is 1.38 bits per heavy atom. The third kappa shape index (κ3) is 3.25. The molecule has 0 aliphatic carbocycles. The molecule has 0 spiro atoms. The lowest BCUT2D eigenvalue weighted by Crippen LogP contribution is -2.47. The number of carboxylic acid groups (broad SMARTS) is 1. The maximum Gasteiger partial charge on any atom is 0.309 e. The van der Waals surface area contributed by atoms with E-state index in [4.69, 9.17) is 0 Å². The van der Waals surface area contributed by atoms with Gasteiger partial charge in [-0.3, -0.25) is 19.7 Å². The van der Waals surface area contributed by atoms with Gasteiger partial charge in [-0.15, -0.1) is 0 Å². The Morgan fingerprint density at radius 2 is 2.04 bits per heavy atom. The van der Waals surface area contributed by atoms with Crippen LogP contribution < -0.4 is 0 Å². The summed E-state index contributed by atoms with van der Waals surface area (Å²) in [7, 11) is 0. The van der Waals surface area contributed by atoms with Gasteiger partial charge in [0, 0.05) is 30.3 Å². The van der Waals surface area contributed by atoms with Crippen LogP contribution in [0.2, 0.25) is 0 Å². The number of nitro groups is 1. The second-order valence-electron chi connectivity index (χ2n) is 6.82. The van der Waals surface area contributed by atoms with Crippen LogP contribution in [-0.2, 0) is 4.79 Å². The number of carbonyl (C=O) groups is 2. The van der Waals surface area contributed by atoms with Crippen LogP contribution in [0.1, 0.15) is 42.6 Å². The van der Waals surface area contributed by atoms with E-state index in [0.717, 1.165) is 12.8 Å². The molecule has 1 aromatic rings. The van der Waals surface area contributed by atoms with Gasteiger partial charge in [0.1, 0.15) is 0 Å². The Hall–Kier alpha value is -2.44. The molecule has 0 radical (unpaired) electrons. The van der Waals surface area contributed by atoms with Crippen molar-refractivity contribution >= 4 is 17.6 Å². The topological polar surface area (TPSA) is 101 Å². The molecule has 130 valence electrons. The second kappa shape index (κ2) is 6.59. The van der Waals surface area contributed by atoms with E-state index in [9.17, 15) is 24.8 Å². The van der Waals surface area contributed by atoms with Gasteiger partial charge < -0.3 is 10.0 Å². The number of likely N-dealkylation sites (tertiary alicyclic amines) is 1. The highest BCUT2D eigenvalue weighted by atomic mass is 16.6. The molecule has 1 aliphatic rings. The zero-order chi connectivity index (χ0) is 18.1. The molecule has 1 saturated heterocycles. The Balaban J connectivity index is 2.26. The molecule has 1 amide bonds. The monoisotopic (exact) mass is 334 g/mol. The lowest BCUT2D eigenvalue weighted by atomic mass is 9.74. The number of carboxylic acids is 1. The first kappa shape index (κ1) is 17.9. The minimum atomic E-state index is -0.920. The smallest absolute Gasteiger partial charge is 0.309 e. The highest BCUT2D eigenvalue weighted by Gasteiger charge is 2.40. The number of aliphatic carboxylic acids is 1. The van der Waals surface area contributed by atoms with Gasteiger partial charge >= 0.3 is 5.97 Å². The largest absolute Gasteiger partial charge is 0.481 e. The second-order valence-corrected chi connectivity index (χ2v) is 6.82. The molecule has 1 N–H and O–H groups in total. The standard InChI is InChI=1S/C17H22N2O5/c1-11-13(7-4-8-14(11)19(23)24)15(20)18-9-5-6-12(10-18)17(2,3)16(21)22/h4,7-8,12H,5-6,9-10H2,1-3H3,(H,21,22)/t12-/m0/s1. The van der Waals surface area contributed by atoms with Crippen LogP contribution in [0.5, 0.6) is 0 Å². The first-order valence-corrected chi connectivity index (χ1v) is 7.93. The third-order valence-electron chi connectivity index (χ3n) is 5.01. The van der Waals surface area contributed by atoms with Crippen molar-refractivity contribution in [1.82, 2.24) is 4.90 Å². The van der Waals surface area contributed by atoms with E-state index in [0.29, 0.717) is 24.2 Å². The van der Waals surface area contributed by atoms with Gasteiger partial charge in [-0.2, -0.15) is 0 Å². The van der Waals surface area contributed by atoms with Crippen molar-refractivity contribution in [2.24, 2.45) is 11.3 Å². The normalized spacial score (nSPS) is 18.3. The summed E-state index contributed by atoms with van der Waals surface area (Å²) < 4.78 is 0. The summed E-state index contributed by atoms with van der Waals surface area (Å²) in [5, 5.41) is 20.4. The molecule has 2 rings (SSSR count). The minimum Gasteiger partial charge on any atom is -0.481 e. The van der Waals surface area contributed by atoms with Crippen molar-refractivity contribution in [3.05, 3.63) is 39.4 Å². The maximum atomic E-state index is 12.8. The molecule has 0 saturated carbocycles. The number of hydrogen-bond acceptors (Lipinski definition) is 4. The summed E-state index contributed by atoms with van der Waals surface area (Å²) >= 11 is 0. The molecule has 1 heterocycles. The van der Waals surface area contributed by atoms with E-state index in [1.165, 1.54) is 12.1 Å². The average molecular weight is 334 g/mol. The highest BCUT2D eigenvalue weighted by molar-refractivity contribution is 5.96. The Morgan fingerprint density at radius 3 is 2.62 bits per heavy atom. The summed E-state index contributed by atoms with van der Waals surface area (Å²) in [6, 6.07) is 4.45. The predicted octanol–water partition coefficient (Wildman–Crippen LogP) is 2.87. The molecule has 1 fully saturated rings. The van der Waals surface area contributed by atoms with Crippen LogP contribution in [0, 0.1) is 28.4 Å². The van der Waals surface area contributed by atoms with Crippen LogP contribution in [0.3, 0.4) is 0 Å². The lowest BCUT2D eigenvalue weighted by Gasteiger charge is -2.39. The number of carbonyl (C=O) groups excluding carboxylic acids is 1. The molecule has 0 bridgehead atoms. The number of amides is 1. The van der Waals surface area contributed by atoms with E-state index < -0.39 is 16.3 Å². The first-order chi connectivity index (χ1) is 11.2. The van der Waals surface area contributed by atoms with Gasteiger partial charge in [0.2, 0.25) is 0 Å². The van der Waals surface area contributed by atoms with Gasteiger partial charge in [-0.25, -0.2) is 0 Å². The molecular weight excluding hydrogens is 312 g/mol. The fourth-order valence-electron chi connectivity index (χ4n) is 3.15. The summed E-state index contributed by atoms with van der Waals surface area (Å²) in [6.07, 6.45) is 1.47. The van der Waals surface area contributed by atoms with Crippen molar-refractivity contribution in [2.45, 2.75) is 33.6 Å². The first-order valence-electron chi connectivity index (χ1n) is 7.93. The van der Waals surface area contributed by atoms with Gasteiger partial charge in [0.15, 0.2) is 0 Å². The zero-order valence-electron chi connectivity index (χ0n) is 14.1. The van der Waals surface area contributed by atoms with Gasteiger partial charge in [0.25, 0.3) is 11.6 Å². The van der Waals surface area contributed by atoms with Crippen LogP contribution in [0.4, 0.5) is 5.69 Å². The van der Waals surface area contributed by atoms with E-state index in [-0.39, 0.29) is 17.5 Å². The average Bonchev–Trinajstić information content (AvgIpc) is 2.54. The van der Waals surface area contributed by atoms with Gasteiger partial charge in [0.05, 0.1) is 10.3 Å². The van der Waals surface area contributed by atoms with Crippen LogP contribution in [0.25, 0.3) is 0 Å². The van der Waals surface area contributed by atoms with Crippen LogP contribution in [-0.4, -0.2) is 39.9 Å². The summed E-state index contributed by atoms with van der Waals surface area (Å²) in [6.45, 7) is 5.79. The van der Waals surface area contributed by atoms with Gasteiger partial charge in [-0.05, 0) is 45.6 Å². The molecule has 0 aromatic heterocycles. The number of benzene rings is 1. The van der Waals surface area contributed by atoms with Crippen molar-refractivity contribution < 1.29 is 19.6 Å². The maximum absolute atomic E-state index is 12.8. The molecule has 1 atom stereocenters. The fourth-order valence-corrected chi connectivity index (χ4v) is 3.15. The summed E-state index contributed by atoms with van der Waals surface area (Å²) in [5.41, 5.74) is -0.359. The van der Waals surface area contributed by atoms with E-state index >= 15 is 0 Å². The molecule has 0 unspecified atom stereocenters. The molecule has 1 aliphatic heterocycles. The highest BCUT2D eigenvalue weighted by Crippen LogP contribution is 2.35. The summed E-state index contributed by atoms with van der Waals surface area (Å²) in [4.78, 5) is 36.4. The Bertz CT molecular complexity index is 684. The van der Waals surface area contributed by atoms with Gasteiger partial charge in [-0.1, -0.05) is 6.07 Å². The fraction of sp³-hybridized carbons (Fsp3) is 0.529. The van der Waals surface area contributed by atoms with Crippen LogP contribution >= 0.6 is 0 Å². The third-order valence-corrected chi connectivity index (χ3v) is 5.01. The van der Waals surface area contributed by atoms with Crippen molar-refractivity contribution in [3.8, 4) is 0 Å². The predicted molar refractivity (Wildman–Crippen MR) is 87.9 cm³/mol. The van der Waals surface area contributed by atoms with Crippen molar-refractivity contribution in [2.75, 3.05) is 13.1 Å². The van der Waals surface area contributed by atoms with E-state index in [2.05, 4.69) is 0 Å². The number of hydrogen-bond donors (Lipinski definition) is 1. The minimum absolute atomic E-state index is 0.0831. The molecule has 7 heteroatoms.